The minimum atomic E-state index is -4.11. The predicted octanol–water partition coefficient (Wildman–Crippen LogP) is 1.21. The number of nitro benzene ring substituents is 1. The van der Waals surface area contributed by atoms with Crippen molar-refractivity contribution >= 4 is 33.2 Å². The van der Waals surface area contributed by atoms with Gasteiger partial charge in [0.25, 0.3) is 15.7 Å². The van der Waals surface area contributed by atoms with E-state index in [1.807, 2.05) is 10.3 Å². The monoisotopic (exact) mass is 321 g/mol. The number of hydrazine groups is 1. The van der Waals surface area contributed by atoms with Gasteiger partial charge >= 0.3 is 0 Å². The fourth-order valence-electron chi connectivity index (χ4n) is 1.12. The molecule has 0 atom stereocenters. The fraction of sp³-hybridized carbons (Fsp3) is 0.300. The minimum absolute atomic E-state index is 0.180. The van der Waals surface area contributed by atoms with E-state index < -0.39 is 32.5 Å². The van der Waals surface area contributed by atoms with E-state index in [-0.39, 0.29) is 9.92 Å². The van der Waals surface area contributed by atoms with Crippen LogP contribution in [0, 0.1) is 16.0 Å². The maximum atomic E-state index is 11.9. The summed E-state index contributed by atoms with van der Waals surface area (Å²) < 4.78 is 23.7. The zero-order chi connectivity index (χ0) is 15.5. The average molecular weight is 322 g/mol. The van der Waals surface area contributed by atoms with Gasteiger partial charge in [0.05, 0.1) is 9.82 Å². The van der Waals surface area contributed by atoms with Crippen LogP contribution in [0.4, 0.5) is 5.69 Å². The Morgan fingerprint density at radius 2 is 2.00 bits per heavy atom. The van der Waals surface area contributed by atoms with Crippen LogP contribution in [0.1, 0.15) is 13.8 Å². The van der Waals surface area contributed by atoms with Crippen molar-refractivity contribution in [1.82, 2.24) is 10.3 Å². The topological polar surface area (TPSA) is 118 Å². The molecule has 0 spiro atoms. The van der Waals surface area contributed by atoms with Gasteiger partial charge in [0.2, 0.25) is 5.91 Å². The Balaban J connectivity index is 3.02. The number of amides is 1. The van der Waals surface area contributed by atoms with Gasteiger partial charge < -0.3 is 0 Å². The summed E-state index contributed by atoms with van der Waals surface area (Å²) in [4.78, 5) is 22.6. The van der Waals surface area contributed by atoms with Crippen LogP contribution in [0.5, 0.6) is 0 Å². The predicted molar refractivity (Wildman–Crippen MR) is 71.4 cm³/mol. The molecule has 0 aliphatic heterocycles. The Kier molecular flexibility index (Phi) is 5.03. The standard InChI is InChI=1S/C10H12ClN3O5S/c1-6(2)10(15)12-13-20(18,19)7-3-4-8(11)9(5-7)14(16)17/h3-6,13H,1-2H3,(H,12,15). The van der Waals surface area contributed by atoms with E-state index in [0.717, 1.165) is 18.2 Å². The van der Waals surface area contributed by atoms with Gasteiger partial charge in [-0.3, -0.25) is 20.3 Å². The van der Waals surface area contributed by atoms with Crippen LogP contribution >= 0.6 is 11.6 Å². The van der Waals surface area contributed by atoms with Gasteiger partial charge in [-0.05, 0) is 12.1 Å². The van der Waals surface area contributed by atoms with E-state index in [0.29, 0.717) is 0 Å². The average Bonchev–Trinajstić information content (AvgIpc) is 2.35. The summed E-state index contributed by atoms with van der Waals surface area (Å²) in [5.74, 6) is -0.950. The first-order valence-corrected chi connectivity index (χ1v) is 7.27. The molecule has 0 radical (unpaired) electrons. The van der Waals surface area contributed by atoms with Crippen LogP contribution in [0.25, 0.3) is 0 Å². The lowest BCUT2D eigenvalue weighted by Gasteiger charge is -2.10. The Morgan fingerprint density at radius 1 is 1.40 bits per heavy atom. The molecule has 1 aromatic rings. The van der Waals surface area contributed by atoms with Gasteiger partial charge in [-0.1, -0.05) is 25.4 Å². The molecule has 0 unspecified atom stereocenters. The van der Waals surface area contributed by atoms with Crippen molar-refractivity contribution in [2.24, 2.45) is 5.92 Å². The summed E-state index contributed by atoms with van der Waals surface area (Å²) in [5, 5.41) is 10.5. The van der Waals surface area contributed by atoms with Gasteiger partial charge in [-0.15, -0.1) is 4.83 Å². The molecule has 0 bridgehead atoms. The highest BCUT2D eigenvalue weighted by atomic mass is 35.5. The van der Waals surface area contributed by atoms with Crippen molar-refractivity contribution in [2.45, 2.75) is 18.7 Å². The number of benzene rings is 1. The molecule has 1 aromatic carbocycles. The van der Waals surface area contributed by atoms with Gasteiger partial charge in [-0.2, -0.15) is 0 Å². The highest BCUT2D eigenvalue weighted by molar-refractivity contribution is 7.89. The molecular formula is C10H12ClN3O5S. The third-order valence-electron chi connectivity index (χ3n) is 2.26. The first-order valence-electron chi connectivity index (χ1n) is 5.40. The smallest absolute Gasteiger partial charge is 0.277 e. The number of carbonyl (C=O) groups is 1. The first kappa shape index (κ1) is 16.3. The van der Waals surface area contributed by atoms with Gasteiger partial charge in [0.1, 0.15) is 5.02 Å². The molecule has 0 aromatic heterocycles. The third kappa shape index (κ3) is 3.89. The van der Waals surface area contributed by atoms with Gasteiger partial charge in [0, 0.05) is 12.0 Å². The molecule has 1 amide bonds. The summed E-state index contributed by atoms with van der Waals surface area (Å²) in [6, 6.07) is 3.00. The molecule has 10 heteroatoms. The number of rotatable bonds is 5. The quantitative estimate of drug-likeness (QED) is 0.624. The Morgan fingerprint density at radius 3 is 2.50 bits per heavy atom. The lowest BCUT2D eigenvalue weighted by atomic mass is 10.2. The number of sulfonamides is 1. The summed E-state index contributed by atoms with van der Waals surface area (Å²) in [7, 11) is -4.11. The van der Waals surface area contributed by atoms with Crippen molar-refractivity contribution < 1.29 is 18.1 Å². The normalized spacial score (nSPS) is 11.4. The van der Waals surface area contributed by atoms with Crippen molar-refractivity contribution in [1.29, 1.82) is 0 Å². The van der Waals surface area contributed by atoms with E-state index in [2.05, 4.69) is 0 Å². The molecule has 0 aliphatic rings. The number of nitrogens with one attached hydrogen (secondary N) is 2. The highest BCUT2D eigenvalue weighted by Crippen LogP contribution is 2.26. The molecule has 0 fully saturated rings. The largest absolute Gasteiger partial charge is 0.289 e. The van der Waals surface area contributed by atoms with Gasteiger partial charge in [0.15, 0.2) is 0 Å². The molecule has 2 N–H and O–H groups in total. The van der Waals surface area contributed by atoms with Crippen molar-refractivity contribution in [3.05, 3.63) is 33.3 Å². The molecule has 110 valence electrons. The van der Waals surface area contributed by atoms with Crippen molar-refractivity contribution in [3.8, 4) is 0 Å². The highest BCUT2D eigenvalue weighted by Gasteiger charge is 2.21. The number of hydrogen-bond donors (Lipinski definition) is 2. The number of hydrogen-bond acceptors (Lipinski definition) is 5. The van der Waals surface area contributed by atoms with Crippen LogP contribution in [0.2, 0.25) is 5.02 Å². The number of nitro groups is 1. The third-order valence-corrected chi connectivity index (χ3v) is 3.82. The fourth-order valence-corrected chi connectivity index (χ4v) is 2.17. The Bertz CT molecular complexity index is 644. The lowest BCUT2D eigenvalue weighted by molar-refractivity contribution is -0.384. The summed E-state index contributed by atoms with van der Waals surface area (Å²) >= 11 is 5.58. The number of halogens is 1. The minimum Gasteiger partial charge on any atom is -0.277 e. The molecule has 0 saturated carbocycles. The second-order valence-electron chi connectivity index (χ2n) is 4.12. The zero-order valence-electron chi connectivity index (χ0n) is 10.6. The Labute approximate surface area is 120 Å². The van der Waals surface area contributed by atoms with Crippen molar-refractivity contribution in [2.75, 3.05) is 0 Å². The van der Waals surface area contributed by atoms with Crippen LogP contribution in [0.3, 0.4) is 0 Å². The second kappa shape index (κ2) is 6.16. The van der Waals surface area contributed by atoms with Crippen LogP contribution in [0.15, 0.2) is 23.1 Å². The second-order valence-corrected chi connectivity index (χ2v) is 6.21. The maximum Gasteiger partial charge on any atom is 0.289 e. The molecule has 0 aliphatic carbocycles. The van der Waals surface area contributed by atoms with Crippen LogP contribution in [-0.2, 0) is 14.8 Å². The van der Waals surface area contributed by atoms with E-state index in [9.17, 15) is 23.3 Å². The summed E-state index contributed by atoms with van der Waals surface area (Å²) in [6.07, 6.45) is 0. The van der Waals surface area contributed by atoms with Crippen LogP contribution < -0.4 is 10.3 Å². The molecule has 0 heterocycles. The molecule has 20 heavy (non-hydrogen) atoms. The maximum absolute atomic E-state index is 11.9. The zero-order valence-corrected chi connectivity index (χ0v) is 12.2. The van der Waals surface area contributed by atoms with E-state index in [1.165, 1.54) is 0 Å². The first-order chi connectivity index (χ1) is 9.15. The van der Waals surface area contributed by atoms with Crippen molar-refractivity contribution in [3.63, 3.8) is 0 Å². The summed E-state index contributed by atoms with van der Waals surface area (Å²) in [5.41, 5.74) is 1.47. The van der Waals surface area contributed by atoms with Crippen LogP contribution in [-0.4, -0.2) is 19.2 Å². The Hall–Kier alpha value is -1.71. The van der Waals surface area contributed by atoms with E-state index in [1.54, 1.807) is 13.8 Å². The molecule has 0 saturated heterocycles. The number of carbonyl (C=O) groups excluding carboxylic acids is 1. The van der Waals surface area contributed by atoms with E-state index >= 15 is 0 Å². The van der Waals surface area contributed by atoms with E-state index in [4.69, 9.17) is 11.6 Å². The SMILES string of the molecule is CC(C)C(=O)NNS(=O)(=O)c1ccc(Cl)c([N+](=O)[O-])c1. The molecule has 1 rings (SSSR count). The molecular weight excluding hydrogens is 310 g/mol. The lowest BCUT2D eigenvalue weighted by Crippen LogP contribution is -2.43. The van der Waals surface area contributed by atoms with Gasteiger partial charge in [-0.25, -0.2) is 8.42 Å². The molecule has 8 nitrogen and oxygen atoms in total. The summed E-state index contributed by atoms with van der Waals surface area (Å²) in [6.45, 7) is 3.16. The number of nitrogens with zero attached hydrogens (tertiary/aromatic N) is 1.